The van der Waals surface area contributed by atoms with Gasteiger partial charge in [-0.3, -0.25) is 9.38 Å². The smallest absolute Gasteiger partial charge is 0.146 e. The summed E-state index contributed by atoms with van der Waals surface area (Å²) >= 11 is 0. The molecule has 0 bridgehead atoms. The molecule has 0 saturated carbocycles. The van der Waals surface area contributed by atoms with Gasteiger partial charge in [0.2, 0.25) is 0 Å². The number of hydrogen-bond acceptors (Lipinski definition) is 2. The Morgan fingerprint density at radius 2 is 1.70 bits per heavy atom. The van der Waals surface area contributed by atoms with E-state index in [1.54, 1.807) is 0 Å². The van der Waals surface area contributed by atoms with Crippen molar-refractivity contribution in [3.63, 3.8) is 0 Å². The minimum Gasteiger partial charge on any atom is -0.292 e. The highest BCUT2D eigenvalue weighted by Crippen LogP contribution is 2.34. The van der Waals surface area contributed by atoms with Crippen LogP contribution < -0.4 is 0 Å². The molecular formula is C24H17N3. The maximum atomic E-state index is 4.90. The van der Waals surface area contributed by atoms with Crippen LogP contribution in [0, 0.1) is 0 Å². The van der Waals surface area contributed by atoms with Crippen LogP contribution >= 0.6 is 0 Å². The third-order valence-corrected chi connectivity index (χ3v) is 4.99. The molecule has 0 radical (unpaired) electrons. The van der Waals surface area contributed by atoms with Crippen LogP contribution in [0.1, 0.15) is 11.3 Å². The maximum Gasteiger partial charge on any atom is 0.146 e. The lowest BCUT2D eigenvalue weighted by atomic mass is 9.99. The first-order valence-corrected chi connectivity index (χ1v) is 8.85. The number of fused-ring (bicyclic) bond motifs is 5. The molecule has 3 nitrogen and oxygen atoms in total. The summed E-state index contributed by atoms with van der Waals surface area (Å²) in [5.41, 5.74) is 7.04. The first-order valence-electron chi connectivity index (χ1n) is 8.85. The summed E-state index contributed by atoms with van der Waals surface area (Å²) in [5, 5.41) is 2.19. The summed E-state index contributed by atoms with van der Waals surface area (Å²) < 4.78 is 2.17. The summed E-state index contributed by atoms with van der Waals surface area (Å²) in [6.07, 6.45) is 5.59. The van der Waals surface area contributed by atoms with Crippen LogP contribution in [0.15, 0.2) is 80.0 Å². The molecule has 128 valence electrons. The van der Waals surface area contributed by atoms with Crippen LogP contribution in [0.3, 0.4) is 0 Å². The fraction of sp³-hybridized carbons (Fsp3) is 0. The van der Waals surface area contributed by atoms with Gasteiger partial charge in [-0.05, 0) is 47.9 Å². The van der Waals surface area contributed by atoms with Gasteiger partial charge in [0.05, 0.1) is 22.4 Å². The van der Waals surface area contributed by atoms with Gasteiger partial charge in [-0.15, -0.1) is 0 Å². The van der Waals surface area contributed by atoms with E-state index < -0.39 is 0 Å². The van der Waals surface area contributed by atoms with Crippen molar-refractivity contribution in [2.75, 3.05) is 0 Å². The Morgan fingerprint density at radius 1 is 0.852 bits per heavy atom. The Kier molecular flexibility index (Phi) is 3.41. The quantitative estimate of drug-likeness (QED) is 0.401. The van der Waals surface area contributed by atoms with Crippen molar-refractivity contribution in [2.45, 2.75) is 0 Å². The van der Waals surface area contributed by atoms with Crippen molar-refractivity contribution in [3.05, 3.63) is 91.3 Å². The molecule has 0 aliphatic carbocycles. The van der Waals surface area contributed by atoms with Gasteiger partial charge in [-0.1, -0.05) is 43.5 Å². The van der Waals surface area contributed by atoms with Gasteiger partial charge in [-0.25, -0.2) is 4.98 Å². The Bertz CT molecular complexity index is 1340. The zero-order valence-electron chi connectivity index (χ0n) is 14.8. The number of aromatic nitrogens is 3. The second kappa shape index (κ2) is 5.92. The van der Waals surface area contributed by atoms with Crippen LogP contribution in [-0.4, -0.2) is 14.4 Å². The molecule has 0 unspecified atom stereocenters. The van der Waals surface area contributed by atoms with E-state index in [0.717, 1.165) is 50.0 Å². The van der Waals surface area contributed by atoms with Crippen LogP contribution in [-0.2, 0) is 0 Å². The van der Waals surface area contributed by atoms with Gasteiger partial charge < -0.3 is 0 Å². The number of imidazole rings is 1. The van der Waals surface area contributed by atoms with E-state index in [0.29, 0.717) is 0 Å². The summed E-state index contributed by atoms with van der Waals surface area (Å²) in [6.45, 7) is 8.12. The molecule has 3 heterocycles. The highest BCUT2D eigenvalue weighted by molar-refractivity contribution is 6.05. The van der Waals surface area contributed by atoms with E-state index in [1.807, 2.05) is 54.7 Å². The molecular weight excluding hydrogens is 330 g/mol. The second-order valence-corrected chi connectivity index (χ2v) is 6.44. The molecule has 0 amide bonds. The van der Waals surface area contributed by atoms with E-state index in [9.17, 15) is 0 Å². The number of hydrogen-bond donors (Lipinski definition) is 0. The zero-order valence-corrected chi connectivity index (χ0v) is 14.8. The number of pyridine rings is 2. The van der Waals surface area contributed by atoms with Crippen LogP contribution in [0.5, 0.6) is 0 Å². The van der Waals surface area contributed by atoms with E-state index in [-0.39, 0.29) is 0 Å². The summed E-state index contributed by atoms with van der Waals surface area (Å²) in [7, 11) is 0. The van der Waals surface area contributed by atoms with Gasteiger partial charge in [0.15, 0.2) is 0 Å². The molecule has 5 rings (SSSR count). The fourth-order valence-corrected chi connectivity index (χ4v) is 3.78. The second-order valence-electron chi connectivity index (χ2n) is 6.44. The van der Waals surface area contributed by atoms with Crippen molar-refractivity contribution in [1.82, 2.24) is 14.4 Å². The van der Waals surface area contributed by atoms with Crippen LogP contribution in [0.25, 0.3) is 50.9 Å². The third-order valence-electron chi connectivity index (χ3n) is 4.99. The topological polar surface area (TPSA) is 30.2 Å². The van der Waals surface area contributed by atoms with Gasteiger partial charge in [0.1, 0.15) is 5.65 Å². The van der Waals surface area contributed by atoms with Crippen LogP contribution in [0.2, 0.25) is 0 Å². The first-order chi connectivity index (χ1) is 13.3. The average Bonchev–Trinajstić information content (AvgIpc) is 3.12. The fourth-order valence-electron chi connectivity index (χ4n) is 3.78. The zero-order chi connectivity index (χ0) is 18.4. The number of benzene rings is 2. The normalized spacial score (nSPS) is 11.3. The molecule has 3 aromatic heterocycles. The lowest BCUT2D eigenvalue weighted by Crippen LogP contribution is -1.98. The van der Waals surface area contributed by atoms with Gasteiger partial charge in [-0.2, -0.15) is 0 Å². The van der Waals surface area contributed by atoms with E-state index in [2.05, 4.69) is 46.8 Å². The monoisotopic (exact) mass is 347 g/mol. The minimum absolute atomic E-state index is 0.930. The molecule has 0 aliphatic rings. The minimum atomic E-state index is 0.930. The van der Waals surface area contributed by atoms with Crippen molar-refractivity contribution in [2.24, 2.45) is 0 Å². The number of rotatable bonds is 3. The Balaban J connectivity index is 1.97. The van der Waals surface area contributed by atoms with E-state index in [4.69, 9.17) is 4.98 Å². The number of para-hydroxylation sites is 2. The molecule has 0 atom stereocenters. The summed E-state index contributed by atoms with van der Waals surface area (Å²) in [5.74, 6) is 0. The Labute approximate surface area is 156 Å². The lowest BCUT2D eigenvalue weighted by Gasteiger charge is -2.13. The van der Waals surface area contributed by atoms with Gasteiger partial charge >= 0.3 is 0 Å². The number of nitrogens with zero attached hydrogens (tertiary/aromatic N) is 3. The molecule has 0 saturated heterocycles. The molecule has 3 heteroatoms. The van der Waals surface area contributed by atoms with Crippen molar-refractivity contribution >= 4 is 39.6 Å². The van der Waals surface area contributed by atoms with Gasteiger partial charge in [0.25, 0.3) is 0 Å². The molecule has 0 spiro atoms. The maximum absolute atomic E-state index is 4.90. The molecule has 0 fully saturated rings. The molecule has 2 aromatic carbocycles. The average molecular weight is 347 g/mol. The Morgan fingerprint density at radius 3 is 2.48 bits per heavy atom. The van der Waals surface area contributed by atoms with E-state index in [1.165, 1.54) is 0 Å². The van der Waals surface area contributed by atoms with Crippen molar-refractivity contribution < 1.29 is 0 Å². The molecule has 27 heavy (non-hydrogen) atoms. The standard InChI is InChI=1S/C24H17N3/c1-3-17-19-15-16(20-9-7-8-14-25-20)12-13-18(19)24-26-21-10-5-6-11-23(21)27(24)22(17)4-2/h3-15H,1-2H2. The SMILES string of the molecule is C=Cc1c(C=C)n2c3ccccc3nc2c2ccc(-c3ccccn3)cc12. The lowest BCUT2D eigenvalue weighted by molar-refractivity contribution is 1.21. The van der Waals surface area contributed by atoms with Crippen molar-refractivity contribution in [3.8, 4) is 11.3 Å². The third kappa shape index (κ3) is 2.22. The molecule has 0 N–H and O–H groups in total. The van der Waals surface area contributed by atoms with Crippen molar-refractivity contribution in [1.29, 1.82) is 0 Å². The molecule has 0 aliphatic heterocycles. The van der Waals surface area contributed by atoms with E-state index >= 15 is 0 Å². The summed E-state index contributed by atoms with van der Waals surface area (Å²) in [6, 6.07) is 20.5. The summed E-state index contributed by atoms with van der Waals surface area (Å²) in [4.78, 5) is 9.38. The predicted molar refractivity (Wildman–Crippen MR) is 114 cm³/mol. The van der Waals surface area contributed by atoms with Gasteiger partial charge in [0, 0.05) is 22.7 Å². The first kappa shape index (κ1) is 15.5. The predicted octanol–water partition coefficient (Wildman–Crippen LogP) is 5.99. The Hall–Kier alpha value is -3.72. The highest BCUT2D eigenvalue weighted by atomic mass is 15.0. The largest absolute Gasteiger partial charge is 0.292 e. The highest BCUT2D eigenvalue weighted by Gasteiger charge is 2.16. The molecule has 5 aromatic rings. The van der Waals surface area contributed by atoms with Crippen LogP contribution in [0.4, 0.5) is 0 Å².